The summed E-state index contributed by atoms with van der Waals surface area (Å²) in [7, 11) is 0. The monoisotopic (exact) mass is 300 g/mol. The van der Waals surface area contributed by atoms with Crippen LogP contribution in [0.1, 0.15) is 15.9 Å². The lowest BCUT2D eigenvalue weighted by atomic mass is 9.97. The zero-order valence-corrected chi connectivity index (χ0v) is 11.9. The summed E-state index contributed by atoms with van der Waals surface area (Å²) in [6, 6.07) is 18.4. The number of halogens is 2. The van der Waals surface area contributed by atoms with Crippen molar-refractivity contribution in [2.45, 2.75) is 0 Å². The van der Waals surface area contributed by atoms with Gasteiger partial charge in [0.25, 0.3) is 0 Å². The van der Waals surface area contributed by atoms with Gasteiger partial charge in [-0.05, 0) is 29.0 Å². The molecular formula is C17H10Cl2O. The maximum atomic E-state index is 12.6. The second-order valence-electron chi connectivity index (χ2n) is 4.51. The molecule has 0 saturated heterocycles. The van der Waals surface area contributed by atoms with Crippen molar-refractivity contribution in [3.05, 3.63) is 81.8 Å². The predicted octanol–water partition coefficient (Wildman–Crippen LogP) is 5.38. The number of ketones is 1. The van der Waals surface area contributed by atoms with Gasteiger partial charge in [0.1, 0.15) is 0 Å². The van der Waals surface area contributed by atoms with E-state index < -0.39 is 0 Å². The molecule has 0 unspecified atom stereocenters. The number of hydrogen-bond acceptors (Lipinski definition) is 1. The van der Waals surface area contributed by atoms with Crippen molar-refractivity contribution in [2.75, 3.05) is 0 Å². The fourth-order valence-electron chi connectivity index (χ4n) is 2.26. The van der Waals surface area contributed by atoms with Crippen LogP contribution in [0.5, 0.6) is 0 Å². The van der Waals surface area contributed by atoms with Crippen molar-refractivity contribution in [3.8, 4) is 0 Å². The van der Waals surface area contributed by atoms with E-state index in [2.05, 4.69) is 0 Å². The van der Waals surface area contributed by atoms with Crippen molar-refractivity contribution >= 4 is 39.8 Å². The predicted molar refractivity (Wildman–Crippen MR) is 83.8 cm³/mol. The highest BCUT2D eigenvalue weighted by Crippen LogP contribution is 2.25. The van der Waals surface area contributed by atoms with Crippen molar-refractivity contribution in [1.82, 2.24) is 0 Å². The molecule has 98 valence electrons. The molecule has 3 rings (SSSR count). The summed E-state index contributed by atoms with van der Waals surface area (Å²) in [5, 5.41) is 2.88. The van der Waals surface area contributed by atoms with E-state index in [9.17, 15) is 4.79 Å². The molecule has 0 amide bonds. The fourth-order valence-corrected chi connectivity index (χ4v) is 2.79. The number of hydrogen-bond donors (Lipinski definition) is 0. The number of carbonyl (C=O) groups is 1. The normalized spacial score (nSPS) is 10.7. The van der Waals surface area contributed by atoms with Crippen molar-refractivity contribution in [2.24, 2.45) is 0 Å². The molecule has 3 aromatic carbocycles. The molecular weight excluding hydrogens is 291 g/mol. The van der Waals surface area contributed by atoms with Gasteiger partial charge in [0.2, 0.25) is 0 Å². The van der Waals surface area contributed by atoms with Gasteiger partial charge in [0, 0.05) is 21.2 Å². The largest absolute Gasteiger partial charge is 0.289 e. The number of benzene rings is 3. The average Bonchev–Trinajstić information content (AvgIpc) is 2.45. The maximum absolute atomic E-state index is 12.6. The smallest absolute Gasteiger partial charge is 0.193 e. The van der Waals surface area contributed by atoms with Crippen LogP contribution in [0.25, 0.3) is 10.8 Å². The Morgan fingerprint density at radius 3 is 2.20 bits per heavy atom. The average molecular weight is 301 g/mol. The van der Waals surface area contributed by atoms with Gasteiger partial charge in [-0.1, -0.05) is 65.7 Å². The molecule has 0 aliphatic carbocycles. The summed E-state index contributed by atoms with van der Waals surface area (Å²) in [6.07, 6.45) is 0. The van der Waals surface area contributed by atoms with Gasteiger partial charge in [-0.3, -0.25) is 4.79 Å². The molecule has 1 nitrogen and oxygen atoms in total. The van der Waals surface area contributed by atoms with Crippen molar-refractivity contribution in [1.29, 1.82) is 0 Å². The summed E-state index contributed by atoms with van der Waals surface area (Å²) >= 11 is 11.9. The van der Waals surface area contributed by atoms with Crippen LogP contribution in [0.3, 0.4) is 0 Å². The Kier molecular flexibility index (Phi) is 3.47. The summed E-state index contributed by atoms with van der Waals surface area (Å²) in [5.41, 5.74) is 1.15. The molecule has 0 atom stereocenters. The third-order valence-corrected chi connectivity index (χ3v) is 3.60. The highest BCUT2D eigenvalue weighted by atomic mass is 35.5. The van der Waals surface area contributed by atoms with Crippen LogP contribution in [0, 0.1) is 0 Å². The van der Waals surface area contributed by atoms with Gasteiger partial charge in [-0.15, -0.1) is 0 Å². The molecule has 0 N–H and O–H groups in total. The Bertz CT molecular complexity index is 783. The highest BCUT2D eigenvalue weighted by molar-refractivity contribution is 6.35. The van der Waals surface area contributed by atoms with E-state index in [4.69, 9.17) is 23.2 Å². The lowest BCUT2D eigenvalue weighted by Crippen LogP contribution is -2.02. The minimum Gasteiger partial charge on any atom is -0.289 e. The molecule has 0 aromatic heterocycles. The van der Waals surface area contributed by atoms with E-state index in [0.29, 0.717) is 21.2 Å². The lowest BCUT2D eigenvalue weighted by molar-refractivity contribution is 0.104. The van der Waals surface area contributed by atoms with E-state index >= 15 is 0 Å². The highest BCUT2D eigenvalue weighted by Gasteiger charge is 2.13. The molecule has 0 spiro atoms. The van der Waals surface area contributed by atoms with E-state index in [1.54, 1.807) is 18.2 Å². The third kappa shape index (κ3) is 2.43. The Balaban J connectivity index is 2.17. The molecule has 20 heavy (non-hydrogen) atoms. The van der Waals surface area contributed by atoms with Crippen molar-refractivity contribution < 1.29 is 4.79 Å². The molecule has 0 bridgehead atoms. The minimum atomic E-state index is -0.0776. The minimum absolute atomic E-state index is 0.0776. The molecule has 3 aromatic rings. The molecule has 0 aliphatic rings. The Morgan fingerprint density at radius 1 is 0.800 bits per heavy atom. The number of carbonyl (C=O) groups excluding carboxylic acids is 1. The molecule has 0 fully saturated rings. The van der Waals surface area contributed by atoms with Crippen LogP contribution < -0.4 is 0 Å². The molecule has 0 saturated carbocycles. The van der Waals surface area contributed by atoms with Crippen LogP contribution in [0.4, 0.5) is 0 Å². The zero-order valence-electron chi connectivity index (χ0n) is 10.4. The third-order valence-electron chi connectivity index (χ3n) is 3.16. The Hall–Kier alpha value is -1.83. The number of rotatable bonds is 2. The topological polar surface area (TPSA) is 17.1 Å². The first-order chi connectivity index (χ1) is 9.65. The fraction of sp³-hybridized carbons (Fsp3) is 0. The van der Waals surface area contributed by atoms with E-state index in [1.807, 2.05) is 42.5 Å². The van der Waals surface area contributed by atoms with Gasteiger partial charge in [0.15, 0.2) is 5.78 Å². The first-order valence-corrected chi connectivity index (χ1v) is 6.89. The first-order valence-electron chi connectivity index (χ1n) is 6.14. The van der Waals surface area contributed by atoms with Gasteiger partial charge in [-0.25, -0.2) is 0 Å². The van der Waals surface area contributed by atoms with E-state index in [1.165, 1.54) is 0 Å². The standard InChI is InChI=1S/C17H10Cl2O/c18-13-8-12(9-14(19)10-13)17(20)16-7-3-5-11-4-1-2-6-15(11)16/h1-10H. The second-order valence-corrected chi connectivity index (χ2v) is 5.39. The zero-order chi connectivity index (χ0) is 14.1. The maximum Gasteiger partial charge on any atom is 0.193 e. The van der Waals surface area contributed by atoms with Crippen LogP contribution >= 0.6 is 23.2 Å². The van der Waals surface area contributed by atoms with Gasteiger partial charge in [-0.2, -0.15) is 0 Å². The Labute approximate surface area is 126 Å². The molecule has 0 heterocycles. The molecule has 0 radical (unpaired) electrons. The summed E-state index contributed by atoms with van der Waals surface area (Å²) in [5.74, 6) is -0.0776. The lowest BCUT2D eigenvalue weighted by Gasteiger charge is -2.06. The van der Waals surface area contributed by atoms with E-state index in [-0.39, 0.29) is 5.78 Å². The molecule has 3 heteroatoms. The van der Waals surface area contributed by atoms with Crippen LogP contribution in [-0.2, 0) is 0 Å². The van der Waals surface area contributed by atoms with Gasteiger partial charge >= 0.3 is 0 Å². The number of fused-ring (bicyclic) bond motifs is 1. The van der Waals surface area contributed by atoms with Crippen LogP contribution in [-0.4, -0.2) is 5.78 Å². The summed E-state index contributed by atoms with van der Waals surface area (Å²) in [6.45, 7) is 0. The summed E-state index contributed by atoms with van der Waals surface area (Å²) in [4.78, 5) is 12.6. The SMILES string of the molecule is O=C(c1cc(Cl)cc(Cl)c1)c1cccc2ccccc12. The van der Waals surface area contributed by atoms with Gasteiger partial charge < -0.3 is 0 Å². The van der Waals surface area contributed by atoms with Crippen LogP contribution in [0.15, 0.2) is 60.7 Å². The second kappa shape index (κ2) is 5.28. The van der Waals surface area contributed by atoms with Crippen molar-refractivity contribution in [3.63, 3.8) is 0 Å². The van der Waals surface area contributed by atoms with Gasteiger partial charge in [0.05, 0.1) is 0 Å². The molecule has 0 aliphatic heterocycles. The summed E-state index contributed by atoms with van der Waals surface area (Å²) < 4.78 is 0. The Morgan fingerprint density at radius 2 is 1.45 bits per heavy atom. The quantitative estimate of drug-likeness (QED) is 0.581. The van der Waals surface area contributed by atoms with E-state index in [0.717, 1.165) is 10.8 Å². The first kappa shape index (κ1) is 13.2. The van der Waals surface area contributed by atoms with Crippen LogP contribution in [0.2, 0.25) is 10.0 Å².